The maximum Gasteiger partial charge on any atom is 0.321 e. The molecular weight excluding hydrogens is 614 g/mol. The third-order valence-corrected chi connectivity index (χ3v) is 11.9. The highest BCUT2D eigenvalue weighted by Crippen LogP contribution is 2.61. The predicted octanol–water partition coefficient (Wildman–Crippen LogP) is 3.46. The highest BCUT2D eigenvalue weighted by atomic mass is 35.5. The summed E-state index contributed by atoms with van der Waals surface area (Å²) in [5, 5.41) is 41.6. The molecule has 2 heterocycles. The van der Waals surface area contributed by atoms with Crippen LogP contribution < -0.4 is 10.4 Å². The zero-order valence-corrected chi connectivity index (χ0v) is 28.0. The van der Waals surface area contributed by atoms with Crippen molar-refractivity contribution in [3.63, 3.8) is 0 Å². The van der Waals surface area contributed by atoms with Gasteiger partial charge in [-0.25, -0.2) is 0 Å². The molecule has 1 aromatic rings. The van der Waals surface area contributed by atoms with E-state index in [0.717, 1.165) is 19.3 Å². The van der Waals surface area contributed by atoms with E-state index < -0.39 is 59.3 Å². The number of ether oxygens (including phenoxy) is 1. The fourth-order valence-electron chi connectivity index (χ4n) is 9.39. The van der Waals surface area contributed by atoms with E-state index in [0.29, 0.717) is 34.8 Å². The zero-order chi connectivity index (χ0) is 33.5. The fraction of sp³-hybridized carbons (Fsp3) is 0.676. The number of aliphatic hydroxyl groups is 2. The lowest BCUT2D eigenvalue weighted by molar-refractivity contribution is -0.227. The van der Waals surface area contributed by atoms with Gasteiger partial charge in [0.1, 0.15) is 17.7 Å². The van der Waals surface area contributed by atoms with Gasteiger partial charge in [-0.1, -0.05) is 43.7 Å². The van der Waals surface area contributed by atoms with E-state index in [4.69, 9.17) is 21.2 Å². The fourth-order valence-corrected chi connectivity index (χ4v) is 9.69. The Labute approximate surface area is 274 Å². The summed E-state index contributed by atoms with van der Waals surface area (Å²) in [7, 11) is 1.63. The average molecular weight is 660 g/mol. The third-order valence-electron chi connectivity index (χ3n) is 11.6. The molecule has 5 aliphatic rings. The number of halogens is 1. The number of benzene rings is 1. The monoisotopic (exact) mass is 659 g/mol. The second-order valence-electron chi connectivity index (χ2n) is 14.4. The van der Waals surface area contributed by atoms with Crippen LogP contribution in [0.1, 0.15) is 65.9 Å². The Kier molecular flexibility index (Phi) is 8.50. The number of nitrogens with one attached hydrogen (secondary N) is 1. The van der Waals surface area contributed by atoms with Crippen LogP contribution >= 0.6 is 11.6 Å². The molecule has 3 aliphatic carbocycles. The number of carbonyl (C=O) groups is 3. The third kappa shape index (κ3) is 5.05. The Balaban J connectivity index is 1.52. The maximum atomic E-state index is 13.3. The quantitative estimate of drug-likeness (QED) is 0.253. The van der Waals surface area contributed by atoms with Crippen molar-refractivity contribution in [3.8, 4) is 0 Å². The first-order valence-corrected chi connectivity index (χ1v) is 16.8. The molecule has 0 aromatic heterocycles. The Morgan fingerprint density at radius 2 is 1.87 bits per heavy atom. The molecule has 3 fully saturated rings. The number of nitrogens with zero attached hydrogens (tertiary/aromatic N) is 2. The molecule has 0 bridgehead atoms. The van der Waals surface area contributed by atoms with Crippen LogP contribution in [0.15, 0.2) is 29.8 Å². The number of para-hydroxylation sites is 1. The molecular formula is C34H46ClN3O8. The summed E-state index contributed by atoms with van der Waals surface area (Å²) in [5.74, 6) is -4.88. The molecule has 1 saturated heterocycles. The van der Waals surface area contributed by atoms with Crippen LogP contribution in [0.5, 0.6) is 0 Å². The Hall–Kier alpha value is -2.70. The molecule has 11 nitrogen and oxygen atoms in total. The first kappa shape index (κ1) is 33.2. The number of amides is 1. The summed E-state index contributed by atoms with van der Waals surface area (Å²) >= 11 is 6.62. The molecule has 4 N–H and O–H groups in total. The van der Waals surface area contributed by atoms with Crippen LogP contribution in [0, 0.1) is 35.5 Å². The van der Waals surface area contributed by atoms with Crippen LogP contribution in [-0.4, -0.2) is 81.7 Å². The molecule has 6 rings (SSSR count). The van der Waals surface area contributed by atoms with E-state index in [2.05, 4.69) is 12.2 Å². The SMILES string of the molecule is CC(=O)OC1C(C)=C[C@@H]2[C@H](C(C)CN(C(C)=O)C3CC3)CC[C@@H](C)[C@]2(O)C1[C@H]1[C@@H](C(=O)O)N[C@@H]2ON(C)c3c(Cl)cccc3[C@@]21O. The number of aliphatic carboxylic acids is 1. The number of carboxylic acids is 1. The van der Waals surface area contributed by atoms with Crippen LogP contribution in [0.3, 0.4) is 0 Å². The van der Waals surface area contributed by atoms with Gasteiger partial charge in [0.15, 0.2) is 6.23 Å². The van der Waals surface area contributed by atoms with Gasteiger partial charge in [0.25, 0.3) is 0 Å². The number of carbonyl (C=O) groups excluding carboxylic acids is 2. The Bertz CT molecular complexity index is 1450. The summed E-state index contributed by atoms with van der Waals surface area (Å²) in [6.45, 7) is 9.33. The Morgan fingerprint density at radius 3 is 2.48 bits per heavy atom. The zero-order valence-electron chi connectivity index (χ0n) is 27.3. The molecule has 12 heteroatoms. The summed E-state index contributed by atoms with van der Waals surface area (Å²) < 4.78 is 5.98. The molecule has 1 amide bonds. The van der Waals surface area contributed by atoms with E-state index in [9.17, 15) is 29.7 Å². The van der Waals surface area contributed by atoms with Gasteiger partial charge in [-0.3, -0.25) is 29.6 Å². The number of hydrogen-bond acceptors (Lipinski definition) is 9. The molecule has 2 saturated carbocycles. The number of carboxylic acid groups (broad SMARTS) is 1. The van der Waals surface area contributed by atoms with Crippen LogP contribution in [-0.2, 0) is 29.6 Å². The van der Waals surface area contributed by atoms with E-state index in [1.54, 1.807) is 32.2 Å². The van der Waals surface area contributed by atoms with Gasteiger partial charge in [-0.2, -0.15) is 0 Å². The standard InChI is InChI=1S/C34H46ClN3O8/c1-16-14-24-22(17(2)15-38(19(4)39)21-11-12-21)13-10-18(3)33(24,43)27(30(16)45-20(5)40)26-28(31(41)42)36-32-34(26,44)23-8-7-9-25(35)29(23)37(6)46-32/h7-9,14,17-18,21-22,24,26-28,30,32,36,43-44H,10-13,15H2,1-6H3,(H,41,42)/t17?,18-,22+,24-,26+,27?,28+,30?,32-,33-,34+/m1/s1. The molecule has 3 unspecified atom stereocenters. The number of fused-ring (bicyclic) bond motifs is 4. The number of esters is 1. The van der Waals surface area contributed by atoms with E-state index in [-0.39, 0.29) is 29.7 Å². The van der Waals surface area contributed by atoms with E-state index >= 15 is 0 Å². The first-order valence-electron chi connectivity index (χ1n) is 16.4. The lowest BCUT2D eigenvalue weighted by Gasteiger charge is -2.60. The van der Waals surface area contributed by atoms with Gasteiger partial charge in [0, 0.05) is 56.8 Å². The second kappa shape index (κ2) is 11.8. The average Bonchev–Trinajstić information content (AvgIpc) is 3.77. The predicted molar refractivity (Wildman–Crippen MR) is 169 cm³/mol. The van der Waals surface area contributed by atoms with Gasteiger partial charge in [0.05, 0.1) is 16.3 Å². The van der Waals surface area contributed by atoms with Gasteiger partial charge >= 0.3 is 11.9 Å². The second-order valence-corrected chi connectivity index (χ2v) is 14.8. The number of anilines is 1. The molecule has 1 aromatic carbocycles. The molecule has 2 aliphatic heterocycles. The Morgan fingerprint density at radius 1 is 1.17 bits per heavy atom. The van der Waals surface area contributed by atoms with Crippen LogP contribution in [0.25, 0.3) is 0 Å². The van der Waals surface area contributed by atoms with Crippen LogP contribution in [0.4, 0.5) is 5.69 Å². The lowest BCUT2D eigenvalue weighted by Crippen LogP contribution is -2.67. The van der Waals surface area contributed by atoms with Gasteiger partial charge in [0.2, 0.25) is 5.91 Å². The molecule has 11 atom stereocenters. The molecule has 252 valence electrons. The van der Waals surface area contributed by atoms with Crippen molar-refractivity contribution in [1.82, 2.24) is 10.2 Å². The van der Waals surface area contributed by atoms with E-state index in [1.807, 2.05) is 24.8 Å². The van der Waals surface area contributed by atoms with Gasteiger partial charge < -0.3 is 25.0 Å². The largest absolute Gasteiger partial charge is 0.480 e. The number of rotatable bonds is 7. The normalized spacial score (nSPS) is 39.0. The summed E-state index contributed by atoms with van der Waals surface area (Å²) in [6.07, 6.45) is 3.17. The van der Waals surface area contributed by atoms with Crippen molar-refractivity contribution >= 4 is 35.1 Å². The number of hydroxylamine groups is 1. The van der Waals surface area contributed by atoms with Crippen molar-refractivity contribution < 1.29 is 39.3 Å². The van der Waals surface area contributed by atoms with Crippen molar-refractivity contribution in [2.75, 3.05) is 18.7 Å². The summed E-state index contributed by atoms with van der Waals surface area (Å²) in [4.78, 5) is 46.3. The van der Waals surface area contributed by atoms with Gasteiger partial charge in [-0.15, -0.1) is 0 Å². The minimum absolute atomic E-state index is 0.0162. The van der Waals surface area contributed by atoms with Gasteiger partial charge in [-0.05, 0) is 62.0 Å². The topological polar surface area (TPSA) is 149 Å². The minimum atomic E-state index is -1.98. The highest BCUT2D eigenvalue weighted by Gasteiger charge is 2.71. The highest BCUT2D eigenvalue weighted by molar-refractivity contribution is 6.33. The van der Waals surface area contributed by atoms with Crippen molar-refractivity contribution in [3.05, 3.63) is 40.4 Å². The molecule has 0 radical (unpaired) electrons. The summed E-state index contributed by atoms with van der Waals surface area (Å²) in [5.41, 5.74) is -2.13. The first-order chi connectivity index (χ1) is 21.6. The minimum Gasteiger partial charge on any atom is -0.480 e. The maximum absolute atomic E-state index is 13.3. The van der Waals surface area contributed by atoms with Crippen LogP contribution in [0.2, 0.25) is 5.02 Å². The van der Waals surface area contributed by atoms with Crippen molar-refractivity contribution in [2.45, 2.75) is 95.9 Å². The smallest absolute Gasteiger partial charge is 0.321 e. The summed E-state index contributed by atoms with van der Waals surface area (Å²) in [6, 6.07) is 3.92. The van der Waals surface area contributed by atoms with E-state index in [1.165, 1.54) is 12.0 Å². The number of hydrogen-bond donors (Lipinski definition) is 4. The molecule has 46 heavy (non-hydrogen) atoms. The van der Waals surface area contributed by atoms with Crippen molar-refractivity contribution in [1.29, 1.82) is 0 Å². The van der Waals surface area contributed by atoms with Crippen molar-refractivity contribution in [2.24, 2.45) is 35.5 Å². The molecule has 0 spiro atoms. The lowest BCUT2D eigenvalue weighted by atomic mass is 9.49.